The summed E-state index contributed by atoms with van der Waals surface area (Å²) in [5.41, 5.74) is 5.26. The number of aromatic nitrogens is 1. The van der Waals surface area contributed by atoms with Crippen LogP contribution in [0.4, 0.5) is 5.69 Å². The molecule has 0 unspecified atom stereocenters. The minimum Gasteiger partial charge on any atom is -0.496 e. The number of amides is 1. The van der Waals surface area contributed by atoms with E-state index in [1.165, 1.54) is 5.56 Å². The Bertz CT molecular complexity index is 1200. The number of methoxy groups -OCH3 is 1. The van der Waals surface area contributed by atoms with E-state index in [0.717, 1.165) is 33.2 Å². The van der Waals surface area contributed by atoms with Crippen molar-refractivity contribution in [3.8, 4) is 5.75 Å². The van der Waals surface area contributed by atoms with Gasteiger partial charge in [0.2, 0.25) is 0 Å². The Morgan fingerprint density at radius 3 is 2.53 bits per heavy atom. The number of fused-ring (bicyclic) bond motifs is 1. The minimum absolute atomic E-state index is 0.184. The van der Waals surface area contributed by atoms with E-state index in [4.69, 9.17) is 9.15 Å². The molecule has 0 atom stereocenters. The smallest absolute Gasteiger partial charge is 0.255 e. The number of rotatable bonds is 6. The third-order valence-electron chi connectivity index (χ3n) is 4.89. The quantitative estimate of drug-likeness (QED) is 0.379. The maximum absolute atomic E-state index is 12.5. The summed E-state index contributed by atoms with van der Waals surface area (Å²) in [4.78, 5) is 17.1. The molecule has 4 rings (SSSR count). The number of carbonyl (C=O) groups excluding carboxylic acids is 1. The molecule has 1 amide bonds. The zero-order chi connectivity index (χ0) is 21.1. The Labute approximate surface area is 183 Å². The van der Waals surface area contributed by atoms with E-state index in [9.17, 15) is 4.79 Å². The van der Waals surface area contributed by atoms with Crippen molar-refractivity contribution in [3.05, 3.63) is 87.7 Å². The first kappa shape index (κ1) is 20.2. The fourth-order valence-electron chi connectivity index (χ4n) is 3.21. The number of anilines is 1. The fourth-order valence-corrected chi connectivity index (χ4v) is 3.75. The molecule has 3 aromatic carbocycles. The molecule has 0 saturated heterocycles. The van der Waals surface area contributed by atoms with Crippen molar-refractivity contribution < 1.29 is 13.9 Å². The molecule has 1 heterocycles. The Balaban J connectivity index is 1.44. The van der Waals surface area contributed by atoms with Crippen LogP contribution in [-0.2, 0) is 12.8 Å². The number of carbonyl (C=O) groups is 1. The number of benzene rings is 3. The summed E-state index contributed by atoms with van der Waals surface area (Å²) < 4.78 is 11.8. The summed E-state index contributed by atoms with van der Waals surface area (Å²) in [5.74, 6) is 1.18. The van der Waals surface area contributed by atoms with E-state index in [0.29, 0.717) is 23.6 Å². The van der Waals surface area contributed by atoms with Crippen molar-refractivity contribution in [2.75, 3.05) is 12.4 Å². The summed E-state index contributed by atoms with van der Waals surface area (Å²) >= 11 is 3.40. The van der Waals surface area contributed by atoms with Gasteiger partial charge < -0.3 is 14.5 Å². The van der Waals surface area contributed by atoms with Gasteiger partial charge in [-0.3, -0.25) is 4.79 Å². The predicted molar refractivity (Wildman–Crippen MR) is 121 cm³/mol. The maximum Gasteiger partial charge on any atom is 0.255 e. The number of oxazole rings is 1. The summed E-state index contributed by atoms with van der Waals surface area (Å²) in [7, 11) is 1.59. The Morgan fingerprint density at radius 1 is 1.07 bits per heavy atom. The second kappa shape index (κ2) is 8.71. The second-order valence-corrected chi connectivity index (χ2v) is 7.79. The molecule has 0 radical (unpaired) electrons. The van der Waals surface area contributed by atoms with Crippen LogP contribution < -0.4 is 10.1 Å². The van der Waals surface area contributed by atoms with Gasteiger partial charge in [0.05, 0.1) is 11.6 Å². The molecule has 0 aliphatic heterocycles. The number of hydrogen-bond acceptors (Lipinski definition) is 4. The van der Waals surface area contributed by atoms with Crippen LogP contribution in [0.2, 0.25) is 0 Å². The van der Waals surface area contributed by atoms with Gasteiger partial charge in [-0.2, -0.15) is 0 Å². The first-order valence-corrected chi connectivity index (χ1v) is 10.5. The van der Waals surface area contributed by atoms with Gasteiger partial charge in [-0.1, -0.05) is 25.1 Å². The summed E-state index contributed by atoms with van der Waals surface area (Å²) in [6.45, 7) is 2.12. The SMILES string of the molecule is CCc1ccc2oc(Cc3ccc(NC(=O)c4ccc(OC)c(Br)c4)cc3)nc2c1. The van der Waals surface area contributed by atoms with E-state index in [1.54, 1.807) is 25.3 Å². The van der Waals surface area contributed by atoms with Crippen LogP contribution in [0.25, 0.3) is 11.1 Å². The number of nitrogens with one attached hydrogen (secondary N) is 1. The molecule has 0 saturated carbocycles. The molecule has 30 heavy (non-hydrogen) atoms. The molecule has 5 nitrogen and oxygen atoms in total. The highest BCUT2D eigenvalue weighted by Crippen LogP contribution is 2.26. The van der Waals surface area contributed by atoms with Gasteiger partial charge in [0, 0.05) is 17.7 Å². The van der Waals surface area contributed by atoms with Crippen molar-refractivity contribution in [1.29, 1.82) is 0 Å². The third-order valence-corrected chi connectivity index (χ3v) is 5.51. The van der Waals surface area contributed by atoms with Crippen LogP contribution in [-0.4, -0.2) is 18.0 Å². The lowest BCUT2D eigenvalue weighted by Crippen LogP contribution is -2.11. The van der Waals surface area contributed by atoms with E-state index < -0.39 is 0 Å². The lowest BCUT2D eigenvalue weighted by molar-refractivity contribution is 0.102. The summed E-state index contributed by atoms with van der Waals surface area (Å²) in [6, 6.07) is 19.0. The Morgan fingerprint density at radius 2 is 1.83 bits per heavy atom. The van der Waals surface area contributed by atoms with Crippen molar-refractivity contribution in [1.82, 2.24) is 4.98 Å². The van der Waals surface area contributed by atoms with E-state index in [1.807, 2.05) is 30.3 Å². The van der Waals surface area contributed by atoms with Crippen LogP contribution in [0.1, 0.15) is 34.3 Å². The Kier molecular flexibility index (Phi) is 5.86. The van der Waals surface area contributed by atoms with Crippen molar-refractivity contribution in [2.45, 2.75) is 19.8 Å². The number of halogens is 1. The lowest BCUT2D eigenvalue weighted by Gasteiger charge is -2.08. The average molecular weight is 465 g/mol. The van der Waals surface area contributed by atoms with Crippen molar-refractivity contribution in [3.63, 3.8) is 0 Å². The largest absolute Gasteiger partial charge is 0.496 e. The van der Waals surface area contributed by atoms with E-state index >= 15 is 0 Å². The van der Waals surface area contributed by atoms with Gasteiger partial charge in [0.1, 0.15) is 11.3 Å². The standard InChI is InChI=1S/C24H21BrN2O3/c1-3-15-6-10-22-20(12-15)27-23(30-22)13-16-4-8-18(9-5-16)26-24(28)17-7-11-21(29-2)19(25)14-17/h4-12,14H,3,13H2,1-2H3,(H,26,28). The van der Waals surface area contributed by atoms with Crippen molar-refractivity contribution in [2.24, 2.45) is 0 Å². The van der Waals surface area contributed by atoms with E-state index in [-0.39, 0.29) is 5.91 Å². The second-order valence-electron chi connectivity index (χ2n) is 6.94. The average Bonchev–Trinajstić information content (AvgIpc) is 3.16. The predicted octanol–water partition coefficient (Wildman–Crippen LogP) is 6.00. The molecular formula is C24H21BrN2O3. The lowest BCUT2D eigenvalue weighted by atomic mass is 10.1. The molecule has 1 aromatic heterocycles. The Hall–Kier alpha value is -3.12. The fraction of sp³-hybridized carbons (Fsp3) is 0.167. The first-order chi connectivity index (χ1) is 14.6. The number of aryl methyl sites for hydroxylation is 1. The molecule has 0 aliphatic rings. The van der Waals surface area contributed by atoms with Crippen LogP contribution in [0.3, 0.4) is 0 Å². The molecule has 6 heteroatoms. The first-order valence-electron chi connectivity index (χ1n) is 9.68. The molecule has 152 valence electrons. The third kappa shape index (κ3) is 4.39. The molecule has 0 bridgehead atoms. The van der Waals surface area contributed by atoms with Gasteiger partial charge in [-0.05, 0) is 75.9 Å². The molecule has 1 N–H and O–H groups in total. The molecule has 0 aliphatic carbocycles. The van der Waals surface area contributed by atoms with Gasteiger partial charge in [-0.15, -0.1) is 0 Å². The molecule has 0 fully saturated rings. The number of ether oxygens (including phenoxy) is 1. The van der Waals surface area contributed by atoms with Crippen LogP contribution in [0.5, 0.6) is 5.75 Å². The molecule has 4 aromatic rings. The summed E-state index contributed by atoms with van der Waals surface area (Å²) in [6.07, 6.45) is 1.56. The zero-order valence-electron chi connectivity index (χ0n) is 16.7. The highest BCUT2D eigenvalue weighted by atomic mass is 79.9. The summed E-state index contributed by atoms with van der Waals surface area (Å²) in [5, 5.41) is 2.91. The van der Waals surface area contributed by atoms with Crippen LogP contribution in [0.15, 0.2) is 69.6 Å². The topological polar surface area (TPSA) is 64.4 Å². The number of hydrogen-bond donors (Lipinski definition) is 1. The minimum atomic E-state index is -0.184. The molecular weight excluding hydrogens is 444 g/mol. The van der Waals surface area contributed by atoms with Gasteiger partial charge in [-0.25, -0.2) is 4.98 Å². The highest BCUT2D eigenvalue weighted by molar-refractivity contribution is 9.10. The van der Waals surface area contributed by atoms with Crippen LogP contribution >= 0.6 is 15.9 Å². The highest BCUT2D eigenvalue weighted by Gasteiger charge is 2.10. The van der Waals surface area contributed by atoms with Crippen molar-refractivity contribution >= 4 is 38.6 Å². The van der Waals surface area contributed by atoms with Crippen LogP contribution in [0, 0.1) is 0 Å². The van der Waals surface area contributed by atoms with E-state index in [2.05, 4.69) is 45.3 Å². The zero-order valence-corrected chi connectivity index (χ0v) is 18.3. The normalized spacial score (nSPS) is 10.9. The monoisotopic (exact) mass is 464 g/mol. The van der Waals surface area contributed by atoms with Gasteiger partial charge in [0.25, 0.3) is 5.91 Å². The number of nitrogens with zero attached hydrogens (tertiary/aromatic N) is 1. The van der Waals surface area contributed by atoms with Gasteiger partial charge in [0.15, 0.2) is 11.5 Å². The van der Waals surface area contributed by atoms with Gasteiger partial charge >= 0.3 is 0 Å². The molecule has 0 spiro atoms. The maximum atomic E-state index is 12.5.